The Morgan fingerprint density at radius 3 is 2.81 bits per heavy atom. The number of rotatable bonds is 4. The maximum atomic E-state index is 12.6. The van der Waals surface area contributed by atoms with Gasteiger partial charge in [0.1, 0.15) is 5.02 Å². The van der Waals surface area contributed by atoms with Gasteiger partial charge in [-0.3, -0.25) is 25.0 Å². The van der Waals surface area contributed by atoms with Gasteiger partial charge < -0.3 is 0 Å². The summed E-state index contributed by atoms with van der Waals surface area (Å²) in [6.45, 7) is 1.67. The second-order valence-electron chi connectivity index (χ2n) is 6.03. The zero-order chi connectivity index (χ0) is 19.1. The van der Waals surface area contributed by atoms with Crippen molar-refractivity contribution in [3.8, 4) is 0 Å². The summed E-state index contributed by atoms with van der Waals surface area (Å²) in [6.07, 6.45) is 1.68. The Balaban J connectivity index is 1.92. The van der Waals surface area contributed by atoms with E-state index in [-0.39, 0.29) is 39.0 Å². The van der Waals surface area contributed by atoms with Crippen LogP contribution in [0, 0.1) is 17.0 Å². The maximum Gasteiger partial charge on any atom is 0.290 e. The van der Waals surface area contributed by atoms with E-state index in [2.05, 4.69) is 10.1 Å². The number of sulfone groups is 1. The van der Waals surface area contributed by atoms with E-state index < -0.39 is 20.8 Å². The molecule has 0 spiro atoms. The van der Waals surface area contributed by atoms with Gasteiger partial charge in [-0.25, -0.2) is 13.1 Å². The van der Waals surface area contributed by atoms with Crippen molar-refractivity contribution in [1.82, 2.24) is 9.78 Å². The van der Waals surface area contributed by atoms with Crippen molar-refractivity contribution in [3.63, 3.8) is 0 Å². The van der Waals surface area contributed by atoms with E-state index in [1.54, 1.807) is 6.92 Å². The molecule has 0 bridgehead atoms. The molecule has 1 fully saturated rings. The highest BCUT2D eigenvalue weighted by molar-refractivity contribution is 7.91. The van der Waals surface area contributed by atoms with Crippen LogP contribution in [0.4, 0.5) is 11.4 Å². The Kier molecular flexibility index (Phi) is 4.72. The van der Waals surface area contributed by atoms with E-state index in [1.165, 1.54) is 29.1 Å². The summed E-state index contributed by atoms with van der Waals surface area (Å²) in [4.78, 5) is 27.0. The van der Waals surface area contributed by atoms with Crippen LogP contribution in [-0.4, -0.2) is 40.8 Å². The van der Waals surface area contributed by atoms with Gasteiger partial charge >= 0.3 is 0 Å². The van der Waals surface area contributed by atoms with E-state index in [0.29, 0.717) is 12.1 Å². The van der Waals surface area contributed by atoms with Crippen LogP contribution in [0.1, 0.15) is 23.7 Å². The largest absolute Gasteiger partial charge is 0.299 e. The number of halogens is 1. The van der Waals surface area contributed by atoms with Gasteiger partial charge in [-0.05, 0) is 25.5 Å². The minimum Gasteiger partial charge on any atom is -0.299 e. The summed E-state index contributed by atoms with van der Waals surface area (Å²) < 4.78 is 24.6. The van der Waals surface area contributed by atoms with Crippen LogP contribution in [-0.2, 0) is 9.84 Å². The molecule has 0 saturated carbocycles. The molecular formula is C15H15ClN4O5S. The number of aromatic amines is 1. The standard InChI is InChI=1S/C15H15ClN4O5S/c1-9-12(7-17-10-2-3-13(16)14(6-10)20(22)23)15(21)19(18-9)11-4-5-26(24,25)8-11/h2-3,6-7,11,18H,4-5,8H2,1H3. The van der Waals surface area contributed by atoms with Crippen LogP contribution in [0.5, 0.6) is 0 Å². The van der Waals surface area contributed by atoms with Crippen LogP contribution in [0.2, 0.25) is 5.02 Å². The molecule has 1 aromatic carbocycles. The molecule has 0 amide bonds. The first kappa shape index (κ1) is 18.3. The van der Waals surface area contributed by atoms with Gasteiger partial charge in [0.15, 0.2) is 9.84 Å². The number of benzene rings is 1. The number of aliphatic imine (C=N–C) groups is 1. The van der Waals surface area contributed by atoms with Gasteiger partial charge in [0, 0.05) is 18.0 Å². The summed E-state index contributed by atoms with van der Waals surface area (Å²) in [6, 6.07) is 3.64. The molecule has 0 aliphatic carbocycles. The van der Waals surface area contributed by atoms with E-state index >= 15 is 0 Å². The summed E-state index contributed by atoms with van der Waals surface area (Å²) in [5.74, 6) is -0.0210. The van der Waals surface area contributed by atoms with Crippen molar-refractivity contribution in [3.05, 3.63) is 54.9 Å². The quantitative estimate of drug-likeness (QED) is 0.479. The summed E-state index contributed by atoms with van der Waals surface area (Å²) in [7, 11) is -3.13. The number of nitro groups is 1. The SMILES string of the molecule is Cc1[nH]n(C2CCS(=O)(=O)C2)c(=O)c1C=Nc1ccc(Cl)c([N+](=O)[O-])c1. The molecule has 0 radical (unpaired) electrons. The molecule has 11 heteroatoms. The van der Waals surface area contributed by atoms with Gasteiger partial charge in [0.05, 0.1) is 33.7 Å². The maximum absolute atomic E-state index is 12.6. The van der Waals surface area contributed by atoms with Crippen LogP contribution in [0.3, 0.4) is 0 Å². The second-order valence-corrected chi connectivity index (χ2v) is 8.67. The fourth-order valence-electron chi connectivity index (χ4n) is 2.83. The lowest BCUT2D eigenvalue weighted by Gasteiger charge is -2.07. The highest BCUT2D eigenvalue weighted by Gasteiger charge is 2.31. The van der Waals surface area contributed by atoms with Crippen molar-refractivity contribution < 1.29 is 13.3 Å². The molecule has 1 N–H and O–H groups in total. The predicted octanol–water partition coefficient (Wildman–Crippen LogP) is 2.16. The third-order valence-corrected chi connectivity index (χ3v) is 6.25. The lowest BCUT2D eigenvalue weighted by atomic mass is 10.2. The molecule has 1 aliphatic rings. The van der Waals surface area contributed by atoms with Gasteiger partial charge in [0.2, 0.25) is 0 Å². The minimum atomic E-state index is -3.13. The number of nitrogens with one attached hydrogen (secondary N) is 1. The highest BCUT2D eigenvalue weighted by atomic mass is 35.5. The van der Waals surface area contributed by atoms with Gasteiger partial charge in [-0.1, -0.05) is 11.6 Å². The lowest BCUT2D eigenvalue weighted by Crippen LogP contribution is -2.25. The van der Waals surface area contributed by atoms with E-state index in [4.69, 9.17) is 11.6 Å². The number of aromatic nitrogens is 2. The Hall–Kier alpha value is -2.46. The topological polar surface area (TPSA) is 127 Å². The third-order valence-electron chi connectivity index (χ3n) is 4.18. The number of aryl methyl sites for hydroxylation is 1. The van der Waals surface area contributed by atoms with Crippen LogP contribution >= 0.6 is 11.6 Å². The lowest BCUT2D eigenvalue weighted by molar-refractivity contribution is -0.384. The van der Waals surface area contributed by atoms with E-state index in [0.717, 1.165) is 0 Å². The number of H-pyrrole nitrogens is 1. The number of hydrogen-bond acceptors (Lipinski definition) is 6. The minimum absolute atomic E-state index is 0.00317. The Morgan fingerprint density at radius 1 is 1.46 bits per heavy atom. The van der Waals surface area contributed by atoms with Crippen molar-refractivity contribution in [2.45, 2.75) is 19.4 Å². The van der Waals surface area contributed by atoms with Crippen molar-refractivity contribution in [2.75, 3.05) is 11.5 Å². The van der Waals surface area contributed by atoms with Crippen molar-refractivity contribution in [2.24, 2.45) is 4.99 Å². The molecule has 9 nitrogen and oxygen atoms in total. The Bertz CT molecular complexity index is 1070. The second kappa shape index (κ2) is 6.69. The van der Waals surface area contributed by atoms with E-state index in [1.807, 2.05) is 0 Å². The van der Waals surface area contributed by atoms with Crippen LogP contribution in [0.15, 0.2) is 28.0 Å². The van der Waals surface area contributed by atoms with Crippen LogP contribution in [0.25, 0.3) is 0 Å². The molecule has 2 aromatic rings. The first-order chi connectivity index (χ1) is 12.2. The summed E-state index contributed by atoms with van der Waals surface area (Å²) in [5, 5.41) is 13.8. The molecule has 1 aromatic heterocycles. The highest BCUT2D eigenvalue weighted by Crippen LogP contribution is 2.28. The first-order valence-electron chi connectivity index (χ1n) is 7.67. The monoisotopic (exact) mass is 398 g/mol. The van der Waals surface area contributed by atoms with Crippen LogP contribution < -0.4 is 5.56 Å². The average Bonchev–Trinajstić information content (AvgIpc) is 3.06. The number of nitrogens with zero attached hydrogens (tertiary/aromatic N) is 3. The molecule has 3 rings (SSSR count). The Morgan fingerprint density at radius 2 is 2.19 bits per heavy atom. The molecule has 2 heterocycles. The molecule has 1 saturated heterocycles. The van der Waals surface area contributed by atoms with Gasteiger partial charge in [-0.2, -0.15) is 0 Å². The predicted molar refractivity (Wildman–Crippen MR) is 97.5 cm³/mol. The van der Waals surface area contributed by atoms with Gasteiger partial charge in [-0.15, -0.1) is 0 Å². The van der Waals surface area contributed by atoms with Crippen molar-refractivity contribution in [1.29, 1.82) is 0 Å². The van der Waals surface area contributed by atoms with Gasteiger partial charge in [0.25, 0.3) is 11.2 Å². The molecule has 26 heavy (non-hydrogen) atoms. The zero-order valence-electron chi connectivity index (χ0n) is 13.7. The fraction of sp³-hybridized carbons (Fsp3) is 0.333. The molecular weight excluding hydrogens is 384 g/mol. The van der Waals surface area contributed by atoms with Crippen molar-refractivity contribution >= 4 is 39.0 Å². The number of nitro benzene ring substituents is 1. The molecule has 1 aliphatic heterocycles. The summed E-state index contributed by atoms with van der Waals surface area (Å²) in [5.41, 5.74) is 0.423. The average molecular weight is 399 g/mol. The smallest absolute Gasteiger partial charge is 0.290 e. The molecule has 1 unspecified atom stereocenters. The third kappa shape index (κ3) is 3.56. The number of hydrogen-bond donors (Lipinski definition) is 1. The van der Waals surface area contributed by atoms with E-state index in [9.17, 15) is 23.3 Å². The fourth-order valence-corrected chi connectivity index (χ4v) is 4.72. The Labute approximate surface area is 153 Å². The molecule has 1 atom stereocenters. The summed E-state index contributed by atoms with van der Waals surface area (Å²) >= 11 is 5.76. The first-order valence-corrected chi connectivity index (χ1v) is 9.87. The molecule has 138 valence electrons. The zero-order valence-corrected chi connectivity index (χ0v) is 15.2. The normalized spacial score (nSPS) is 19.2.